The Balaban J connectivity index is 2.10. The zero-order valence-corrected chi connectivity index (χ0v) is 18.6. The third-order valence-corrected chi connectivity index (χ3v) is 5.05. The van der Waals surface area contributed by atoms with Crippen molar-refractivity contribution in [2.24, 2.45) is 10.2 Å². The van der Waals surface area contributed by atoms with Crippen molar-refractivity contribution in [2.45, 2.75) is 19.4 Å². The van der Waals surface area contributed by atoms with E-state index in [0.717, 1.165) is 6.07 Å². The van der Waals surface area contributed by atoms with Gasteiger partial charge in [-0.3, -0.25) is 14.9 Å². The SMILES string of the molecule is COc1cc(C(=O)N=Nc2c(O)n(CCCC#N)c3ccccc23)c([N+](=O)[O-])c(OC)c1OC. The van der Waals surface area contributed by atoms with Crippen molar-refractivity contribution in [3.63, 3.8) is 0 Å². The third kappa shape index (κ3) is 4.31. The monoisotopic (exact) mass is 467 g/mol. The molecule has 2 aromatic carbocycles. The number of para-hydroxylation sites is 1. The third-order valence-electron chi connectivity index (χ3n) is 5.05. The number of aromatic hydroxyl groups is 1. The van der Waals surface area contributed by atoms with Gasteiger partial charge in [0.15, 0.2) is 11.4 Å². The highest BCUT2D eigenvalue weighted by Crippen LogP contribution is 2.46. The van der Waals surface area contributed by atoms with Gasteiger partial charge in [-0.25, -0.2) is 0 Å². The summed E-state index contributed by atoms with van der Waals surface area (Å²) in [7, 11) is 3.78. The Bertz CT molecular complexity index is 1320. The molecule has 3 aromatic rings. The van der Waals surface area contributed by atoms with Gasteiger partial charge in [0.2, 0.25) is 17.4 Å². The Morgan fingerprint density at radius 2 is 1.91 bits per heavy atom. The smallest absolute Gasteiger partial charge is 0.328 e. The molecule has 0 saturated heterocycles. The summed E-state index contributed by atoms with van der Waals surface area (Å²) in [6.07, 6.45) is 0.794. The number of aryl methyl sites for hydroxylation is 1. The Kier molecular flexibility index (Phi) is 7.27. The molecule has 0 unspecified atom stereocenters. The molecule has 0 fully saturated rings. The van der Waals surface area contributed by atoms with E-state index in [4.69, 9.17) is 19.5 Å². The van der Waals surface area contributed by atoms with Crippen LogP contribution >= 0.6 is 0 Å². The number of hydrogen-bond acceptors (Lipinski definition) is 9. The zero-order valence-electron chi connectivity index (χ0n) is 18.6. The summed E-state index contributed by atoms with van der Waals surface area (Å²) < 4.78 is 17.0. The molecule has 12 heteroatoms. The van der Waals surface area contributed by atoms with Crippen LogP contribution in [0.3, 0.4) is 0 Å². The Morgan fingerprint density at radius 1 is 1.21 bits per heavy atom. The molecule has 0 aliphatic heterocycles. The van der Waals surface area contributed by atoms with Gasteiger partial charge in [-0.1, -0.05) is 18.2 Å². The van der Waals surface area contributed by atoms with E-state index in [1.165, 1.54) is 21.3 Å². The fourth-order valence-corrected chi connectivity index (χ4v) is 3.55. The Hall–Kier alpha value is -4.66. The summed E-state index contributed by atoms with van der Waals surface area (Å²) in [5.41, 5.74) is -0.429. The second kappa shape index (κ2) is 10.3. The van der Waals surface area contributed by atoms with Gasteiger partial charge in [-0.05, 0) is 12.5 Å². The number of hydrogen-bond donors (Lipinski definition) is 1. The number of carbonyl (C=O) groups excluding carboxylic acids is 1. The molecule has 0 aliphatic carbocycles. The molecule has 0 radical (unpaired) electrons. The molecule has 3 rings (SSSR count). The number of nitro groups is 1. The molecule has 0 aliphatic rings. The van der Waals surface area contributed by atoms with Crippen LogP contribution in [0.2, 0.25) is 0 Å². The zero-order chi connectivity index (χ0) is 24.8. The van der Waals surface area contributed by atoms with Crippen LogP contribution in [0.25, 0.3) is 10.9 Å². The molecule has 1 aromatic heterocycles. The number of unbranched alkanes of at least 4 members (excludes halogenated alkanes) is 1. The first-order chi connectivity index (χ1) is 16.4. The summed E-state index contributed by atoms with van der Waals surface area (Å²) in [4.78, 5) is 23.9. The molecule has 0 bridgehead atoms. The van der Waals surface area contributed by atoms with Crippen LogP contribution in [0.4, 0.5) is 11.4 Å². The minimum absolute atomic E-state index is 0.0241. The summed E-state index contributed by atoms with van der Waals surface area (Å²) in [5.74, 6) is -1.62. The summed E-state index contributed by atoms with van der Waals surface area (Å²) in [6, 6.07) is 10.1. The van der Waals surface area contributed by atoms with E-state index in [1.807, 2.05) is 6.07 Å². The van der Waals surface area contributed by atoms with Crippen LogP contribution < -0.4 is 14.2 Å². The minimum atomic E-state index is -1.05. The van der Waals surface area contributed by atoms with Crippen molar-refractivity contribution in [1.82, 2.24) is 4.57 Å². The van der Waals surface area contributed by atoms with E-state index in [2.05, 4.69) is 10.2 Å². The van der Waals surface area contributed by atoms with E-state index in [9.17, 15) is 20.0 Å². The molecular weight excluding hydrogens is 446 g/mol. The quantitative estimate of drug-likeness (QED) is 0.208. The molecule has 1 amide bonds. The fourth-order valence-electron chi connectivity index (χ4n) is 3.55. The van der Waals surface area contributed by atoms with Crippen molar-refractivity contribution in [2.75, 3.05) is 21.3 Å². The number of carbonyl (C=O) groups is 1. The van der Waals surface area contributed by atoms with E-state index in [-0.39, 0.29) is 28.8 Å². The number of aromatic nitrogens is 1. The van der Waals surface area contributed by atoms with Gasteiger partial charge < -0.3 is 23.9 Å². The van der Waals surface area contributed by atoms with Gasteiger partial charge in [-0.15, -0.1) is 10.2 Å². The van der Waals surface area contributed by atoms with Crippen LogP contribution in [-0.4, -0.2) is 41.8 Å². The maximum Gasteiger partial charge on any atom is 0.328 e. The number of nitriles is 1. The summed E-state index contributed by atoms with van der Waals surface area (Å²) >= 11 is 0. The standard InChI is InChI=1S/C22H21N5O7/c1-32-16-12-14(18(27(30)31)20(34-3)19(16)33-2)21(28)25-24-17-13-8-4-5-9-15(13)26(22(17)29)11-7-6-10-23/h4-5,8-9,12,29H,6-7,11H2,1-3H3. The molecule has 176 valence electrons. The average molecular weight is 467 g/mol. The van der Waals surface area contributed by atoms with E-state index in [0.29, 0.717) is 30.3 Å². The van der Waals surface area contributed by atoms with Gasteiger partial charge in [0.1, 0.15) is 5.56 Å². The number of methoxy groups -OCH3 is 3. The van der Waals surface area contributed by atoms with Crippen molar-refractivity contribution in [3.05, 3.63) is 46.0 Å². The number of rotatable bonds is 9. The van der Waals surface area contributed by atoms with Gasteiger partial charge in [0.05, 0.1) is 37.8 Å². The molecular formula is C22H21N5O7. The second-order valence-corrected chi connectivity index (χ2v) is 6.91. The fraction of sp³-hybridized carbons (Fsp3) is 0.273. The first-order valence-corrected chi connectivity index (χ1v) is 10.00. The number of amides is 1. The minimum Gasteiger partial charge on any atom is -0.493 e. The largest absolute Gasteiger partial charge is 0.493 e. The molecule has 0 saturated carbocycles. The summed E-state index contributed by atoms with van der Waals surface area (Å²) in [6.45, 7) is 0.349. The second-order valence-electron chi connectivity index (χ2n) is 6.91. The number of azo groups is 1. The molecule has 1 heterocycles. The van der Waals surface area contributed by atoms with Gasteiger partial charge in [0, 0.05) is 24.4 Å². The van der Waals surface area contributed by atoms with Crippen molar-refractivity contribution < 1.29 is 29.0 Å². The maximum absolute atomic E-state index is 12.9. The number of fused-ring (bicyclic) bond motifs is 1. The van der Waals surface area contributed by atoms with Crippen LogP contribution in [0.1, 0.15) is 23.2 Å². The maximum atomic E-state index is 12.9. The van der Waals surface area contributed by atoms with Gasteiger partial charge in [0.25, 0.3) is 0 Å². The lowest BCUT2D eigenvalue weighted by Crippen LogP contribution is -2.06. The van der Waals surface area contributed by atoms with Crippen LogP contribution in [0.15, 0.2) is 40.6 Å². The van der Waals surface area contributed by atoms with Gasteiger partial charge >= 0.3 is 11.6 Å². The average Bonchev–Trinajstić information content (AvgIpc) is 3.11. The Labute approximate surface area is 193 Å². The van der Waals surface area contributed by atoms with E-state index >= 15 is 0 Å². The lowest BCUT2D eigenvalue weighted by molar-refractivity contribution is -0.386. The van der Waals surface area contributed by atoms with Crippen LogP contribution in [0.5, 0.6) is 23.1 Å². The highest BCUT2D eigenvalue weighted by atomic mass is 16.6. The highest BCUT2D eigenvalue weighted by Gasteiger charge is 2.32. The molecule has 12 nitrogen and oxygen atoms in total. The van der Waals surface area contributed by atoms with E-state index < -0.39 is 22.1 Å². The van der Waals surface area contributed by atoms with Crippen molar-refractivity contribution >= 4 is 28.2 Å². The summed E-state index contributed by atoms with van der Waals surface area (Å²) in [5, 5.41) is 39.3. The molecule has 0 spiro atoms. The lowest BCUT2D eigenvalue weighted by Gasteiger charge is -2.13. The number of benzene rings is 2. The number of nitrogens with zero attached hydrogens (tertiary/aromatic N) is 5. The first kappa shape index (κ1) is 24.0. The lowest BCUT2D eigenvalue weighted by atomic mass is 10.1. The predicted molar refractivity (Wildman–Crippen MR) is 120 cm³/mol. The number of ether oxygens (including phenoxy) is 3. The molecule has 1 N–H and O–H groups in total. The number of nitro benzene ring substituents is 1. The van der Waals surface area contributed by atoms with Crippen LogP contribution in [-0.2, 0) is 6.54 Å². The Morgan fingerprint density at radius 3 is 2.53 bits per heavy atom. The first-order valence-electron chi connectivity index (χ1n) is 10.00. The topological polar surface area (TPSA) is 162 Å². The highest BCUT2D eigenvalue weighted by molar-refractivity contribution is 6.01. The molecule has 0 atom stereocenters. The van der Waals surface area contributed by atoms with E-state index in [1.54, 1.807) is 28.8 Å². The van der Waals surface area contributed by atoms with Crippen molar-refractivity contribution in [3.8, 4) is 29.2 Å². The van der Waals surface area contributed by atoms with Crippen LogP contribution in [0, 0.1) is 21.4 Å². The normalized spacial score (nSPS) is 10.9. The van der Waals surface area contributed by atoms with Crippen molar-refractivity contribution in [1.29, 1.82) is 5.26 Å². The molecule has 34 heavy (non-hydrogen) atoms. The predicted octanol–water partition coefficient (Wildman–Crippen LogP) is 4.51. The van der Waals surface area contributed by atoms with Gasteiger partial charge in [-0.2, -0.15) is 5.26 Å².